The van der Waals surface area contributed by atoms with Gasteiger partial charge in [0.15, 0.2) is 5.96 Å². The zero-order chi connectivity index (χ0) is 16.4. The van der Waals surface area contributed by atoms with Crippen LogP contribution in [0.1, 0.15) is 64.7 Å². The molecule has 1 aliphatic carbocycles. The molecule has 0 aromatic carbocycles. The molecule has 0 bridgehead atoms. The van der Waals surface area contributed by atoms with Crippen molar-refractivity contribution in [1.29, 1.82) is 0 Å². The molecular formula is C18H37IN4O. The molecule has 5 nitrogen and oxygen atoms in total. The first-order valence-electron chi connectivity index (χ1n) is 9.63. The van der Waals surface area contributed by atoms with Crippen molar-refractivity contribution in [2.24, 2.45) is 10.7 Å². The van der Waals surface area contributed by atoms with Crippen LogP contribution in [0.5, 0.6) is 0 Å². The number of halogens is 1. The second kappa shape index (κ2) is 12.3. The van der Waals surface area contributed by atoms with Crippen molar-refractivity contribution in [3.8, 4) is 0 Å². The van der Waals surface area contributed by atoms with Crippen LogP contribution in [0.25, 0.3) is 0 Å². The average molecular weight is 452 g/mol. The van der Waals surface area contributed by atoms with Gasteiger partial charge in [-0.05, 0) is 19.3 Å². The van der Waals surface area contributed by atoms with Gasteiger partial charge in [-0.2, -0.15) is 0 Å². The molecule has 0 aromatic heterocycles. The van der Waals surface area contributed by atoms with E-state index in [-0.39, 0.29) is 29.5 Å². The van der Waals surface area contributed by atoms with E-state index in [9.17, 15) is 0 Å². The number of nitrogens with zero attached hydrogens (tertiary/aromatic N) is 2. The van der Waals surface area contributed by atoms with Crippen LogP contribution in [-0.4, -0.2) is 55.8 Å². The van der Waals surface area contributed by atoms with E-state index in [1.807, 2.05) is 0 Å². The second-order valence-corrected chi connectivity index (χ2v) is 7.07. The van der Waals surface area contributed by atoms with Gasteiger partial charge in [0.2, 0.25) is 0 Å². The van der Waals surface area contributed by atoms with Crippen LogP contribution in [0.2, 0.25) is 0 Å². The van der Waals surface area contributed by atoms with E-state index in [4.69, 9.17) is 15.5 Å². The number of unbranched alkanes of at least 4 members (excludes halogenated alkanes) is 3. The van der Waals surface area contributed by atoms with Crippen molar-refractivity contribution in [1.82, 2.24) is 10.2 Å². The van der Waals surface area contributed by atoms with Crippen molar-refractivity contribution in [2.75, 3.05) is 39.4 Å². The third-order valence-electron chi connectivity index (χ3n) is 5.35. The van der Waals surface area contributed by atoms with Gasteiger partial charge < -0.3 is 15.8 Å². The minimum Gasteiger partial charge on any atom is -0.379 e. The molecule has 1 aliphatic heterocycles. The molecule has 2 aliphatic rings. The summed E-state index contributed by atoms with van der Waals surface area (Å²) in [5, 5.41) is 3.29. The molecule has 0 radical (unpaired) electrons. The predicted octanol–water partition coefficient (Wildman–Crippen LogP) is 3.12. The number of aliphatic imine (C=N–C) groups is 1. The lowest BCUT2D eigenvalue weighted by molar-refractivity contribution is -0.0333. The third kappa shape index (κ3) is 7.04. The normalized spacial score (nSPS) is 22.0. The topological polar surface area (TPSA) is 62.9 Å². The van der Waals surface area contributed by atoms with Crippen LogP contribution in [0.3, 0.4) is 0 Å². The van der Waals surface area contributed by atoms with Gasteiger partial charge in [-0.1, -0.05) is 45.4 Å². The Balaban J connectivity index is 0.00000288. The Hall–Kier alpha value is -0.0800. The van der Waals surface area contributed by atoms with Crippen LogP contribution in [-0.2, 0) is 4.74 Å². The Morgan fingerprint density at radius 2 is 1.83 bits per heavy atom. The van der Waals surface area contributed by atoms with Crippen LogP contribution < -0.4 is 11.1 Å². The molecule has 0 spiro atoms. The highest BCUT2D eigenvalue weighted by atomic mass is 127. The molecule has 24 heavy (non-hydrogen) atoms. The number of hydrogen-bond acceptors (Lipinski definition) is 3. The molecule has 0 unspecified atom stereocenters. The minimum absolute atomic E-state index is 0. The van der Waals surface area contributed by atoms with Crippen molar-refractivity contribution in [3.05, 3.63) is 0 Å². The van der Waals surface area contributed by atoms with Crippen molar-refractivity contribution < 1.29 is 4.74 Å². The quantitative estimate of drug-likeness (QED) is 0.257. The Morgan fingerprint density at radius 3 is 2.50 bits per heavy atom. The van der Waals surface area contributed by atoms with Gasteiger partial charge in [0.1, 0.15) is 0 Å². The number of rotatable bonds is 8. The average Bonchev–Trinajstić information content (AvgIpc) is 2.61. The van der Waals surface area contributed by atoms with E-state index in [2.05, 4.69) is 17.1 Å². The summed E-state index contributed by atoms with van der Waals surface area (Å²) in [5.41, 5.74) is 6.31. The molecule has 142 valence electrons. The molecule has 6 heteroatoms. The highest BCUT2D eigenvalue weighted by Gasteiger charge is 2.38. The fourth-order valence-electron chi connectivity index (χ4n) is 3.88. The molecule has 2 rings (SSSR count). The Kier molecular flexibility index (Phi) is 11.3. The summed E-state index contributed by atoms with van der Waals surface area (Å²) in [7, 11) is 0. The van der Waals surface area contributed by atoms with Gasteiger partial charge >= 0.3 is 0 Å². The Labute approximate surface area is 165 Å². The molecule has 1 saturated heterocycles. The first kappa shape index (κ1) is 22.0. The summed E-state index contributed by atoms with van der Waals surface area (Å²) in [5.74, 6) is 0.625. The van der Waals surface area contributed by atoms with Crippen LogP contribution >= 0.6 is 24.0 Å². The Bertz CT molecular complexity index is 353. The first-order valence-corrected chi connectivity index (χ1v) is 9.63. The zero-order valence-corrected chi connectivity index (χ0v) is 17.7. The maximum atomic E-state index is 6.09. The van der Waals surface area contributed by atoms with E-state index in [0.717, 1.165) is 39.4 Å². The summed E-state index contributed by atoms with van der Waals surface area (Å²) in [4.78, 5) is 7.33. The molecule has 3 N–H and O–H groups in total. The van der Waals surface area contributed by atoms with E-state index >= 15 is 0 Å². The van der Waals surface area contributed by atoms with Crippen molar-refractivity contribution in [2.45, 2.75) is 70.3 Å². The minimum atomic E-state index is 0. The lowest BCUT2D eigenvalue weighted by Crippen LogP contribution is -2.56. The van der Waals surface area contributed by atoms with Gasteiger partial charge in [0.05, 0.1) is 19.8 Å². The Morgan fingerprint density at radius 1 is 1.12 bits per heavy atom. The molecule has 2 fully saturated rings. The summed E-state index contributed by atoms with van der Waals surface area (Å²) in [6.07, 6.45) is 11.5. The lowest BCUT2D eigenvalue weighted by Gasteiger charge is -2.47. The maximum absolute atomic E-state index is 6.09. The molecule has 0 atom stereocenters. The lowest BCUT2D eigenvalue weighted by atomic mass is 9.80. The highest BCUT2D eigenvalue weighted by Crippen LogP contribution is 2.34. The number of morpholine rings is 1. The number of guanidine groups is 1. The van der Waals surface area contributed by atoms with Gasteiger partial charge in [-0.15, -0.1) is 24.0 Å². The fraction of sp³-hybridized carbons (Fsp3) is 0.944. The van der Waals surface area contributed by atoms with Gasteiger partial charge in [0.25, 0.3) is 0 Å². The SMILES string of the molecule is CCCCCCNC(N)=NCC1(N2CCOCC2)CCCCC1.I. The van der Waals surface area contributed by atoms with Gasteiger partial charge in [-0.3, -0.25) is 9.89 Å². The van der Waals surface area contributed by atoms with Gasteiger partial charge in [0, 0.05) is 25.2 Å². The summed E-state index contributed by atoms with van der Waals surface area (Å²) >= 11 is 0. The van der Waals surface area contributed by atoms with Crippen LogP contribution in [0.4, 0.5) is 0 Å². The molecular weight excluding hydrogens is 415 g/mol. The van der Waals surface area contributed by atoms with Crippen LogP contribution in [0.15, 0.2) is 4.99 Å². The van der Waals surface area contributed by atoms with Crippen molar-refractivity contribution in [3.63, 3.8) is 0 Å². The summed E-state index contributed by atoms with van der Waals surface area (Å²) in [6.45, 7) is 7.81. The molecule has 1 heterocycles. The fourth-order valence-corrected chi connectivity index (χ4v) is 3.88. The third-order valence-corrected chi connectivity index (χ3v) is 5.35. The largest absolute Gasteiger partial charge is 0.379 e. The monoisotopic (exact) mass is 452 g/mol. The van der Waals surface area contributed by atoms with E-state index < -0.39 is 0 Å². The van der Waals surface area contributed by atoms with E-state index in [0.29, 0.717) is 5.96 Å². The number of hydrogen-bond donors (Lipinski definition) is 2. The van der Waals surface area contributed by atoms with E-state index in [1.54, 1.807) is 0 Å². The number of nitrogens with one attached hydrogen (secondary N) is 1. The smallest absolute Gasteiger partial charge is 0.188 e. The molecule has 0 amide bonds. The number of ether oxygens (including phenoxy) is 1. The van der Waals surface area contributed by atoms with Crippen LogP contribution in [0, 0.1) is 0 Å². The second-order valence-electron chi connectivity index (χ2n) is 7.07. The van der Waals surface area contributed by atoms with Gasteiger partial charge in [-0.25, -0.2) is 0 Å². The molecule has 1 saturated carbocycles. The highest BCUT2D eigenvalue weighted by molar-refractivity contribution is 14.0. The van der Waals surface area contributed by atoms with Crippen molar-refractivity contribution >= 4 is 29.9 Å². The standard InChI is InChI=1S/C18H36N4O.HI/c1-2-3-4-8-11-20-17(19)21-16-18(9-6-5-7-10-18)22-12-14-23-15-13-22;/h2-16H2,1H3,(H3,19,20,21);1H. The summed E-state index contributed by atoms with van der Waals surface area (Å²) in [6, 6.07) is 0. The maximum Gasteiger partial charge on any atom is 0.188 e. The predicted molar refractivity (Wildman–Crippen MR) is 112 cm³/mol. The first-order chi connectivity index (χ1) is 11.3. The molecule has 0 aromatic rings. The number of nitrogens with two attached hydrogens (primary N) is 1. The summed E-state index contributed by atoms with van der Waals surface area (Å²) < 4.78 is 5.53. The zero-order valence-electron chi connectivity index (χ0n) is 15.4. The van der Waals surface area contributed by atoms with E-state index in [1.165, 1.54) is 57.8 Å².